The number of benzene rings is 2. The van der Waals surface area contributed by atoms with Crippen LogP contribution in [0.3, 0.4) is 0 Å². The van der Waals surface area contributed by atoms with Crippen molar-refractivity contribution in [2.24, 2.45) is 4.99 Å². The molecule has 1 unspecified atom stereocenters. The third kappa shape index (κ3) is 7.09. The summed E-state index contributed by atoms with van der Waals surface area (Å²) < 4.78 is 23.5. The summed E-state index contributed by atoms with van der Waals surface area (Å²) >= 11 is 0. The molecular weight excluding hydrogens is 485 g/mol. The molecule has 0 aromatic heterocycles. The molecule has 0 aliphatic rings. The number of guanidine groups is 1. The minimum Gasteiger partial charge on any atom is -0.356 e. The van der Waals surface area contributed by atoms with Gasteiger partial charge in [0.1, 0.15) is 0 Å². The summed E-state index contributed by atoms with van der Waals surface area (Å²) in [4.78, 5) is 4.66. The van der Waals surface area contributed by atoms with Crippen molar-refractivity contribution in [1.82, 2.24) is 10.6 Å². The average molecular weight is 515 g/mol. The van der Waals surface area contributed by atoms with Crippen LogP contribution in [-0.4, -0.2) is 34.2 Å². The van der Waals surface area contributed by atoms with E-state index in [1.165, 1.54) is 11.8 Å². The van der Waals surface area contributed by atoms with Crippen molar-refractivity contribution < 1.29 is 8.42 Å². The van der Waals surface area contributed by atoms with E-state index in [9.17, 15) is 8.42 Å². The smallest absolute Gasteiger partial charge is 0.191 e. The monoisotopic (exact) mass is 515 g/mol. The van der Waals surface area contributed by atoms with E-state index in [1.54, 1.807) is 13.1 Å². The molecular formula is C21H30IN3O2S. The van der Waals surface area contributed by atoms with Crippen molar-refractivity contribution in [1.29, 1.82) is 0 Å². The molecule has 2 N–H and O–H groups in total. The molecule has 2 aromatic carbocycles. The van der Waals surface area contributed by atoms with Gasteiger partial charge >= 0.3 is 0 Å². The van der Waals surface area contributed by atoms with Gasteiger partial charge in [0.25, 0.3) is 0 Å². The van der Waals surface area contributed by atoms with Crippen molar-refractivity contribution in [3.8, 4) is 0 Å². The molecule has 0 aliphatic carbocycles. The van der Waals surface area contributed by atoms with Crippen LogP contribution >= 0.6 is 24.0 Å². The first-order valence-corrected chi connectivity index (χ1v) is 11.0. The van der Waals surface area contributed by atoms with Crippen LogP contribution in [-0.2, 0) is 16.4 Å². The summed E-state index contributed by atoms with van der Waals surface area (Å²) in [5.41, 5.74) is 3.09. The minimum atomic E-state index is -3.19. The highest BCUT2D eigenvalue weighted by Gasteiger charge is 2.12. The van der Waals surface area contributed by atoms with Gasteiger partial charge in [-0.05, 0) is 36.1 Å². The molecule has 0 fully saturated rings. The van der Waals surface area contributed by atoms with Crippen molar-refractivity contribution in [3.05, 3.63) is 65.2 Å². The van der Waals surface area contributed by atoms with Crippen LogP contribution in [0.25, 0.3) is 0 Å². The Morgan fingerprint density at radius 2 is 1.79 bits per heavy atom. The summed E-state index contributed by atoms with van der Waals surface area (Å²) in [5, 5.41) is 6.67. The lowest BCUT2D eigenvalue weighted by Gasteiger charge is -2.19. The van der Waals surface area contributed by atoms with Crippen LogP contribution in [0.4, 0.5) is 0 Å². The molecule has 0 heterocycles. The molecule has 0 saturated heterocycles. The van der Waals surface area contributed by atoms with E-state index in [4.69, 9.17) is 0 Å². The number of rotatable bonds is 7. The Bertz CT molecular complexity index is 884. The molecule has 2 rings (SSSR count). The third-order valence-corrected chi connectivity index (χ3v) is 5.86. The van der Waals surface area contributed by atoms with Gasteiger partial charge in [-0.15, -0.1) is 24.0 Å². The van der Waals surface area contributed by atoms with Crippen molar-refractivity contribution in [2.45, 2.75) is 37.6 Å². The van der Waals surface area contributed by atoms with E-state index in [1.807, 2.05) is 25.1 Å². The van der Waals surface area contributed by atoms with Gasteiger partial charge < -0.3 is 10.6 Å². The van der Waals surface area contributed by atoms with Crippen LogP contribution in [0.15, 0.2) is 58.4 Å². The molecule has 0 aliphatic heterocycles. The van der Waals surface area contributed by atoms with E-state index >= 15 is 0 Å². The van der Waals surface area contributed by atoms with Gasteiger partial charge in [0, 0.05) is 32.3 Å². The Hall–Kier alpha value is -1.61. The molecule has 154 valence electrons. The second-order valence-electron chi connectivity index (χ2n) is 6.69. The highest BCUT2D eigenvalue weighted by Crippen LogP contribution is 2.18. The normalized spacial score (nSPS) is 12.8. The van der Waals surface area contributed by atoms with Crippen molar-refractivity contribution in [2.75, 3.05) is 19.8 Å². The van der Waals surface area contributed by atoms with Gasteiger partial charge in [-0.1, -0.05) is 49.4 Å². The standard InChI is InChI=1S/C21H29N3O2S.HI/c1-5-18(19-9-7-6-8-10-19)15-24-21(22-3)23-14-17-11-12-20(16(2)13-17)27(4,25)26;/h6-13,18H,5,14-15H2,1-4H3,(H2,22,23,24);1H. The van der Waals surface area contributed by atoms with Crippen LogP contribution in [0.5, 0.6) is 0 Å². The number of nitrogens with one attached hydrogen (secondary N) is 2. The fraction of sp³-hybridized carbons (Fsp3) is 0.381. The summed E-state index contributed by atoms with van der Waals surface area (Å²) in [6.07, 6.45) is 2.27. The number of aliphatic imine (C=N–C) groups is 1. The topological polar surface area (TPSA) is 70.6 Å². The predicted molar refractivity (Wildman–Crippen MR) is 127 cm³/mol. The molecule has 28 heavy (non-hydrogen) atoms. The molecule has 7 heteroatoms. The Morgan fingerprint density at radius 1 is 1.11 bits per heavy atom. The number of aryl methyl sites for hydroxylation is 1. The summed E-state index contributed by atoms with van der Waals surface area (Å²) in [7, 11) is -1.44. The number of hydrogen-bond acceptors (Lipinski definition) is 3. The average Bonchev–Trinajstić information content (AvgIpc) is 2.64. The zero-order valence-corrected chi connectivity index (χ0v) is 20.0. The first kappa shape index (κ1) is 24.4. The number of nitrogens with zero attached hydrogens (tertiary/aromatic N) is 1. The fourth-order valence-electron chi connectivity index (χ4n) is 3.09. The van der Waals surface area contributed by atoms with Gasteiger partial charge in [0.2, 0.25) is 0 Å². The SMILES string of the molecule is CCC(CNC(=NC)NCc1ccc(S(C)(=O)=O)c(C)c1)c1ccccc1.I. The molecule has 1 atom stereocenters. The van der Waals surface area contributed by atoms with Gasteiger partial charge in [0.15, 0.2) is 15.8 Å². The number of halogens is 1. The van der Waals surface area contributed by atoms with Crippen LogP contribution in [0, 0.1) is 6.92 Å². The molecule has 2 aromatic rings. The highest BCUT2D eigenvalue weighted by molar-refractivity contribution is 14.0. The lowest BCUT2D eigenvalue weighted by molar-refractivity contribution is 0.601. The molecule has 0 bridgehead atoms. The Labute approximate surface area is 186 Å². The Balaban J connectivity index is 0.00000392. The lowest BCUT2D eigenvalue weighted by atomic mass is 9.97. The van der Waals surface area contributed by atoms with E-state index in [2.05, 4.69) is 46.8 Å². The largest absolute Gasteiger partial charge is 0.356 e. The maximum atomic E-state index is 11.7. The second kappa shape index (κ2) is 11.4. The number of sulfone groups is 1. The highest BCUT2D eigenvalue weighted by atomic mass is 127. The summed E-state index contributed by atoms with van der Waals surface area (Å²) in [6.45, 7) is 5.37. The predicted octanol–water partition coefficient (Wildman–Crippen LogP) is 3.88. The first-order chi connectivity index (χ1) is 12.8. The molecule has 0 spiro atoms. The van der Waals surface area contributed by atoms with E-state index in [-0.39, 0.29) is 24.0 Å². The second-order valence-corrected chi connectivity index (χ2v) is 8.68. The van der Waals surface area contributed by atoms with E-state index < -0.39 is 9.84 Å². The van der Waals surface area contributed by atoms with Gasteiger partial charge in [0.05, 0.1) is 4.90 Å². The lowest BCUT2D eigenvalue weighted by Crippen LogP contribution is -2.39. The molecule has 0 radical (unpaired) electrons. The quantitative estimate of drug-likeness (QED) is 0.334. The fourth-order valence-corrected chi connectivity index (χ4v) is 4.05. The van der Waals surface area contributed by atoms with Gasteiger partial charge in [-0.25, -0.2) is 8.42 Å². The Morgan fingerprint density at radius 3 is 2.32 bits per heavy atom. The van der Waals surface area contributed by atoms with Crippen LogP contribution < -0.4 is 10.6 Å². The molecule has 0 saturated carbocycles. The Kier molecular flexibility index (Phi) is 9.95. The maximum absolute atomic E-state index is 11.7. The zero-order chi connectivity index (χ0) is 19.9. The third-order valence-electron chi connectivity index (χ3n) is 4.60. The van der Waals surface area contributed by atoms with E-state index in [0.717, 1.165) is 30.1 Å². The summed E-state index contributed by atoms with van der Waals surface area (Å²) in [6, 6.07) is 15.9. The van der Waals surface area contributed by atoms with E-state index in [0.29, 0.717) is 17.4 Å². The summed E-state index contributed by atoms with van der Waals surface area (Å²) in [5.74, 6) is 1.15. The van der Waals surface area contributed by atoms with Crippen molar-refractivity contribution >= 4 is 39.8 Å². The number of hydrogen-bond donors (Lipinski definition) is 2. The van der Waals surface area contributed by atoms with Crippen molar-refractivity contribution in [3.63, 3.8) is 0 Å². The minimum absolute atomic E-state index is 0. The first-order valence-electron chi connectivity index (χ1n) is 9.14. The van der Waals surface area contributed by atoms with Gasteiger partial charge in [-0.2, -0.15) is 0 Å². The molecule has 0 amide bonds. The van der Waals surface area contributed by atoms with Crippen LogP contribution in [0.2, 0.25) is 0 Å². The van der Waals surface area contributed by atoms with Gasteiger partial charge in [-0.3, -0.25) is 4.99 Å². The van der Waals surface area contributed by atoms with Crippen LogP contribution in [0.1, 0.15) is 36.0 Å². The maximum Gasteiger partial charge on any atom is 0.191 e. The molecule has 5 nitrogen and oxygen atoms in total. The zero-order valence-electron chi connectivity index (χ0n) is 16.9.